The van der Waals surface area contributed by atoms with E-state index < -0.39 is 0 Å². The molecule has 0 radical (unpaired) electrons. The summed E-state index contributed by atoms with van der Waals surface area (Å²) in [6, 6.07) is 15.5. The monoisotopic (exact) mass is 376 g/mol. The van der Waals surface area contributed by atoms with Crippen molar-refractivity contribution in [1.82, 2.24) is 20.1 Å². The van der Waals surface area contributed by atoms with Crippen LogP contribution in [0.3, 0.4) is 0 Å². The van der Waals surface area contributed by atoms with Gasteiger partial charge in [0.05, 0.1) is 25.5 Å². The molecule has 0 saturated carbocycles. The molecule has 1 aliphatic heterocycles. The van der Waals surface area contributed by atoms with E-state index in [1.165, 1.54) is 0 Å². The van der Waals surface area contributed by atoms with Gasteiger partial charge in [-0.2, -0.15) is 5.10 Å². The maximum absolute atomic E-state index is 5.98. The summed E-state index contributed by atoms with van der Waals surface area (Å²) in [6.45, 7) is 4.03. The van der Waals surface area contributed by atoms with Gasteiger partial charge in [0.2, 0.25) is 5.89 Å². The number of fused-ring (bicyclic) bond motifs is 1. The molecule has 4 aromatic rings. The fourth-order valence-corrected chi connectivity index (χ4v) is 3.29. The van der Waals surface area contributed by atoms with Gasteiger partial charge in [-0.25, -0.2) is 4.98 Å². The molecule has 0 amide bonds. The Morgan fingerprint density at radius 1 is 1.00 bits per heavy atom. The summed E-state index contributed by atoms with van der Waals surface area (Å²) in [6.07, 6.45) is 1.74. The lowest BCUT2D eigenvalue weighted by molar-refractivity contribution is 0.0308. The quantitative estimate of drug-likeness (QED) is 0.570. The third kappa shape index (κ3) is 3.62. The Kier molecular flexibility index (Phi) is 4.52. The number of rotatable bonds is 5. The zero-order valence-corrected chi connectivity index (χ0v) is 15.3. The minimum Gasteiger partial charge on any atom is -0.457 e. The molecule has 142 valence electrons. The van der Waals surface area contributed by atoms with Crippen molar-refractivity contribution in [3.63, 3.8) is 0 Å². The van der Waals surface area contributed by atoms with Gasteiger partial charge in [-0.1, -0.05) is 0 Å². The second kappa shape index (κ2) is 7.46. The van der Waals surface area contributed by atoms with Gasteiger partial charge in [0.15, 0.2) is 5.58 Å². The van der Waals surface area contributed by atoms with Crippen LogP contribution in [0.5, 0.6) is 11.5 Å². The fourth-order valence-electron chi connectivity index (χ4n) is 3.29. The van der Waals surface area contributed by atoms with E-state index in [2.05, 4.69) is 20.1 Å². The van der Waals surface area contributed by atoms with E-state index in [1.807, 2.05) is 48.5 Å². The average Bonchev–Trinajstić information content (AvgIpc) is 3.39. The van der Waals surface area contributed by atoms with Gasteiger partial charge in [-0.05, 0) is 48.0 Å². The molecule has 0 aliphatic carbocycles. The van der Waals surface area contributed by atoms with E-state index in [9.17, 15) is 0 Å². The SMILES string of the molecule is c1cc(-c2ccc(Oc3ccc4nc(CN5CCOCC5)oc4c3)cc2)[nH]n1. The summed E-state index contributed by atoms with van der Waals surface area (Å²) >= 11 is 0. The highest BCUT2D eigenvalue weighted by Crippen LogP contribution is 2.28. The van der Waals surface area contributed by atoms with Crippen molar-refractivity contribution in [3.8, 4) is 22.8 Å². The van der Waals surface area contributed by atoms with Crippen LogP contribution in [0.2, 0.25) is 0 Å². The molecule has 2 aromatic heterocycles. The number of aromatic amines is 1. The lowest BCUT2D eigenvalue weighted by atomic mass is 10.1. The molecule has 0 bridgehead atoms. The summed E-state index contributed by atoms with van der Waals surface area (Å²) in [5.41, 5.74) is 3.60. The second-order valence-electron chi connectivity index (χ2n) is 6.72. The molecule has 28 heavy (non-hydrogen) atoms. The van der Waals surface area contributed by atoms with Gasteiger partial charge in [0, 0.05) is 25.4 Å². The molecule has 0 unspecified atom stereocenters. The van der Waals surface area contributed by atoms with Crippen LogP contribution in [0.4, 0.5) is 0 Å². The number of oxazole rings is 1. The number of hydrogen-bond acceptors (Lipinski definition) is 6. The summed E-state index contributed by atoms with van der Waals surface area (Å²) in [4.78, 5) is 6.87. The Morgan fingerprint density at radius 3 is 2.61 bits per heavy atom. The van der Waals surface area contributed by atoms with Crippen molar-refractivity contribution in [3.05, 3.63) is 60.6 Å². The van der Waals surface area contributed by atoms with Gasteiger partial charge < -0.3 is 13.9 Å². The molecule has 7 heteroatoms. The third-order valence-electron chi connectivity index (χ3n) is 4.77. The number of H-pyrrole nitrogens is 1. The van der Waals surface area contributed by atoms with Crippen LogP contribution >= 0.6 is 0 Å². The van der Waals surface area contributed by atoms with E-state index in [1.54, 1.807) is 6.20 Å². The van der Waals surface area contributed by atoms with Crippen LogP contribution in [-0.4, -0.2) is 46.4 Å². The van der Waals surface area contributed by atoms with Gasteiger partial charge in [-0.15, -0.1) is 0 Å². The van der Waals surface area contributed by atoms with Crippen molar-refractivity contribution in [2.45, 2.75) is 6.54 Å². The molecule has 0 spiro atoms. The van der Waals surface area contributed by atoms with E-state index in [4.69, 9.17) is 13.9 Å². The maximum Gasteiger partial charge on any atom is 0.209 e. The smallest absolute Gasteiger partial charge is 0.209 e. The molecular weight excluding hydrogens is 356 g/mol. The number of hydrogen-bond donors (Lipinski definition) is 1. The van der Waals surface area contributed by atoms with Crippen LogP contribution < -0.4 is 4.74 Å². The van der Waals surface area contributed by atoms with Gasteiger partial charge in [0.25, 0.3) is 0 Å². The number of benzene rings is 2. The Bertz CT molecular complexity index is 1050. The lowest BCUT2D eigenvalue weighted by Crippen LogP contribution is -2.35. The highest BCUT2D eigenvalue weighted by atomic mass is 16.5. The zero-order valence-electron chi connectivity index (χ0n) is 15.3. The minimum atomic E-state index is 0.698. The molecule has 0 atom stereocenters. The number of nitrogens with zero attached hydrogens (tertiary/aromatic N) is 3. The first-order chi connectivity index (χ1) is 13.8. The number of nitrogens with one attached hydrogen (secondary N) is 1. The third-order valence-corrected chi connectivity index (χ3v) is 4.77. The molecule has 7 nitrogen and oxygen atoms in total. The second-order valence-corrected chi connectivity index (χ2v) is 6.72. The molecule has 3 heterocycles. The molecular formula is C21H20N4O3. The normalized spacial score (nSPS) is 15.1. The minimum absolute atomic E-state index is 0.698. The van der Waals surface area contributed by atoms with Gasteiger partial charge >= 0.3 is 0 Å². The first-order valence-electron chi connectivity index (χ1n) is 9.31. The Hall–Kier alpha value is -3.16. The van der Waals surface area contributed by atoms with Crippen LogP contribution in [-0.2, 0) is 11.3 Å². The molecule has 1 fully saturated rings. The van der Waals surface area contributed by atoms with Gasteiger partial charge in [0.1, 0.15) is 17.0 Å². The zero-order chi connectivity index (χ0) is 18.8. The van der Waals surface area contributed by atoms with Crippen molar-refractivity contribution in [1.29, 1.82) is 0 Å². The summed E-state index contributed by atoms with van der Waals surface area (Å²) in [7, 11) is 0. The topological polar surface area (TPSA) is 76.4 Å². The highest BCUT2D eigenvalue weighted by Gasteiger charge is 2.15. The van der Waals surface area contributed by atoms with Crippen molar-refractivity contribution in [2.75, 3.05) is 26.3 Å². The number of morpholine rings is 1. The molecule has 2 aromatic carbocycles. The molecule has 5 rings (SSSR count). The predicted molar refractivity (Wildman–Crippen MR) is 104 cm³/mol. The Labute approximate surface area is 161 Å². The summed E-state index contributed by atoms with van der Waals surface area (Å²) in [5, 5.41) is 6.93. The maximum atomic E-state index is 5.98. The lowest BCUT2D eigenvalue weighted by Gasteiger charge is -2.24. The molecule has 1 N–H and O–H groups in total. The summed E-state index contributed by atoms with van der Waals surface area (Å²) in [5.74, 6) is 2.20. The highest BCUT2D eigenvalue weighted by molar-refractivity contribution is 5.74. The van der Waals surface area contributed by atoms with Crippen molar-refractivity contribution >= 4 is 11.1 Å². The molecule has 1 saturated heterocycles. The summed E-state index contributed by atoms with van der Waals surface area (Å²) < 4.78 is 17.3. The van der Waals surface area contributed by atoms with E-state index in [0.29, 0.717) is 6.54 Å². The predicted octanol–water partition coefficient (Wildman–Crippen LogP) is 3.84. The fraction of sp³-hybridized carbons (Fsp3) is 0.238. The van der Waals surface area contributed by atoms with E-state index in [-0.39, 0.29) is 0 Å². The largest absolute Gasteiger partial charge is 0.457 e. The van der Waals surface area contributed by atoms with E-state index in [0.717, 1.165) is 66.1 Å². The number of aromatic nitrogens is 3. The van der Waals surface area contributed by atoms with Crippen LogP contribution in [0.1, 0.15) is 5.89 Å². The van der Waals surface area contributed by atoms with E-state index >= 15 is 0 Å². The van der Waals surface area contributed by atoms with Crippen LogP contribution in [0, 0.1) is 0 Å². The first kappa shape index (κ1) is 17.0. The van der Waals surface area contributed by atoms with Crippen LogP contribution in [0.15, 0.2) is 59.1 Å². The standard InChI is InChI=1S/C21H20N4O3/c1-3-16(4-2-15(1)18-7-8-22-24-18)27-17-5-6-19-20(13-17)28-21(23-19)14-25-9-11-26-12-10-25/h1-8,13H,9-12,14H2,(H,22,24). The van der Waals surface area contributed by atoms with Crippen molar-refractivity contribution < 1.29 is 13.9 Å². The molecule has 1 aliphatic rings. The van der Waals surface area contributed by atoms with Crippen LogP contribution in [0.25, 0.3) is 22.4 Å². The average molecular weight is 376 g/mol. The van der Waals surface area contributed by atoms with Gasteiger partial charge in [-0.3, -0.25) is 10.00 Å². The first-order valence-corrected chi connectivity index (χ1v) is 9.31. The van der Waals surface area contributed by atoms with Crippen molar-refractivity contribution in [2.24, 2.45) is 0 Å². The number of ether oxygens (including phenoxy) is 2. The Morgan fingerprint density at radius 2 is 1.82 bits per heavy atom. The Balaban J connectivity index is 1.30.